The smallest absolute Gasteiger partial charge is 0.324 e. The summed E-state index contributed by atoms with van der Waals surface area (Å²) < 4.78 is 5.22. The topological polar surface area (TPSA) is 52.3 Å². The van der Waals surface area contributed by atoms with Gasteiger partial charge in [0.15, 0.2) is 0 Å². The van der Waals surface area contributed by atoms with E-state index in [-0.39, 0.29) is 12.6 Å². The van der Waals surface area contributed by atoms with Crippen molar-refractivity contribution in [1.82, 2.24) is 0 Å². The van der Waals surface area contributed by atoms with E-state index in [1.807, 2.05) is 48.5 Å². The third kappa shape index (κ3) is 5.61. The van der Waals surface area contributed by atoms with E-state index in [0.29, 0.717) is 5.75 Å². The van der Waals surface area contributed by atoms with Crippen LogP contribution in [0.5, 0.6) is 0 Å². The average molecular weight is 301 g/mol. The molecule has 0 spiro atoms. The number of nitrogens with two attached hydrogens (primary N) is 1. The summed E-state index contributed by atoms with van der Waals surface area (Å²) in [6, 6.07) is 19.1. The zero-order valence-electron chi connectivity index (χ0n) is 11.8. The van der Waals surface area contributed by atoms with Gasteiger partial charge in [0, 0.05) is 11.5 Å². The van der Waals surface area contributed by atoms with Crippen molar-refractivity contribution in [1.29, 1.82) is 0 Å². The van der Waals surface area contributed by atoms with Gasteiger partial charge in [-0.05, 0) is 11.1 Å². The Balaban J connectivity index is 1.68. The molecule has 0 aliphatic carbocycles. The lowest BCUT2D eigenvalue weighted by Crippen LogP contribution is -2.34. The van der Waals surface area contributed by atoms with E-state index in [0.717, 1.165) is 11.3 Å². The van der Waals surface area contributed by atoms with Crippen LogP contribution in [0.25, 0.3) is 0 Å². The average Bonchev–Trinajstić information content (AvgIpc) is 2.54. The normalized spacial score (nSPS) is 11.9. The van der Waals surface area contributed by atoms with Gasteiger partial charge in [0.2, 0.25) is 0 Å². The molecule has 2 rings (SSSR count). The number of carbonyl (C=O) groups is 1. The molecule has 0 aromatic heterocycles. The Morgan fingerprint density at radius 2 is 1.57 bits per heavy atom. The second-order valence-corrected chi connectivity index (χ2v) is 5.73. The summed E-state index contributed by atoms with van der Waals surface area (Å²) in [5.74, 6) is 1.06. The Hall–Kier alpha value is -1.78. The number of ether oxygens (including phenoxy) is 1. The summed E-state index contributed by atoms with van der Waals surface area (Å²) >= 11 is 1.64. The number of rotatable bonds is 7. The van der Waals surface area contributed by atoms with Crippen LogP contribution in [0.15, 0.2) is 60.7 Å². The van der Waals surface area contributed by atoms with Crippen LogP contribution in [0.2, 0.25) is 0 Å². The standard InChI is InChI=1S/C17H19NO2S/c18-16(13-21-12-15-9-5-2-6-10-15)17(19)20-11-14-7-3-1-4-8-14/h1-10,16H,11-13,18H2/t16-/m0/s1. The first-order valence-electron chi connectivity index (χ1n) is 6.83. The van der Waals surface area contributed by atoms with Crippen molar-refractivity contribution in [2.24, 2.45) is 5.73 Å². The van der Waals surface area contributed by atoms with Gasteiger partial charge in [0.25, 0.3) is 0 Å². The summed E-state index contributed by atoms with van der Waals surface area (Å²) in [5, 5.41) is 0. The third-order valence-corrected chi connectivity index (χ3v) is 4.07. The molecule has 0 heterocycles. The van der Waals surface area contributed by atoms with Crippen molar-refractivity contribution in [3.8, 4) is 0 Å². The molecule has 0 saturated heterocycles. The lowest BCUT2D eigenvalue weighted by atomic mass is 10.2. The molecule has 4 heteroatoms. The van der Waals surface area contributed by atoms with E-state index in [9.17, 15) is 4.79 Å². The maximum absolute atomic E-state index is 11.8. The van der Waals surface area contributed by atoms with Gasteiger partial charge in [-0.1, -0.05) is 60.7 Å². The number of thioether (sulfide) groups is 1. The first kappa shape index (κ1) is 15.6. The zero-order chi connectivity index (χ0) is 14.9. The molecule has 0 radical (unpaired) electrons. The molecule has 3 nitrogen and oxygen atoms in total. The predicted molar refractivity (Wildman–Crippen MR) is 86.8 cm³/mol. The number of esters is 1. The molecule has 2 aromatic rings. The van der Waals surface area contributed by atoms with Gasteiger partial charge in [0.05, 0.1) is 0 Å². The minimum Gasteiger partial charge on any atom is -0.460 e. The highest BCUT2D eigenvalue weighted by atomic mass is 32.2. The van der Waals surface area contributed by atoms with E-state index in [1.54, 1.807) is 11.8 Å². The van der Waals surface area contributed by atoms with Crippen molar-refractivity contribution in [3.05, 3.63) is 71.8 Å². The van der Waals surface area contributed by atoms with E-state index in [4.69, 9.17) is 10.5 Å². The number of benzene rings is 2. The maximum Gasteiger partial charge on any atom is 0.324 e. The van der Waals surface area contributed by atoms with Crippen LogP contribution in [-0.2, 0) is 21.9 Å². The van der Waals surface area contributed by atoms with Crippen LogP contribution in [0.3, 0.4) is 0 Å². The molecule has 2 aromatic carbocycles. The number of hydrogen-bond donors (Lipinski definition) is 1. The molecular formula is C17H19NO2S. The zero-order valence-corrected chi connectivity index (χ0v) is 12.6. The lowest BCUT2D eigenvalue weighted by molar-refractivity contribution is -0.145. The highest BCUT2D eigenvalue weighted by Gasteiger charge is 2.15. The summed E-state index contributed by atoms with van der Waals surface area (Å²) in [7, 11) is 0. The summed E-state index contributed by atoms with van der Waals surface area (Å²) in [6.07, 6.45) is 0. The van der Waals surface area contributed by atoms with Gasteiger partial charge >= 0.3 is 5.97 Å². The molecule has 2 N–H and O–H groups in total. The Bertz CT molecular complexity index is 545. The monoisotopic (exact) mass is 301 g/mol. The summed E-state index contributed by atoms with van der Waals surface area (Å²) in [4.78, 5) is 11.8. The molecule has 0 unspecified atom stereocenters. The van der Waals surface area contributed by atoms with Gasteiger partial charge in [0.1, 0.15) is 12.6 Å². The molecule has 0 fully saturated rings. The number of carbonyl (C=O) groups excluding carboxylic acids is 1. The molecule has 110 valence electrons. The van der Waals surface area contributed by atoms with Crippen LogP contribution in [0.4, 0.5) is 0 Å². The minimum atomic E-state index is -0.581. The van der Waals surface area contributed by atoms with Gasteiger partial charge < -0.3 is 10.5 Å². The van der Waals surface area contributed by atoms with Crippen LogP contribution >= 0.6 is 11.8 Å². The Morgan fingerprint density at radius 1 is 1.00 bits per heavy atom. The minimum absolute atomic E-state index is 0.275. The molecule has 1 atom stereocenters. The molecule has 0 aliphatic rings. The second-order valence-electron chi connectivity index (χ2n) is 4.70. The third-order valence-electron chi connectivity index (χ3n) is 2.94. The summed E-state index contributed by atoms with van der Waals surface area (Å²) in [6.45, 7) is 0.275. The highest BCUT2D eigenvalue weighted by Crippen LogP contribution is 2.13. The Kier molecular flexibility index (Phi) is 6.31. The van der Waals surface area contributed by atoms with E-state index in [2.05, 4.69) is 12.1 Å². The quantitative estimate of drug-likeness (QED) is 0.799. The largest absolute Gasteiger partial charge is 0.460 e. The van der Waals surface area contributed by atoms with E-state index in [1.165, 1.54) is 5.56 Å². The second kappa shape index (κ2) is 8.49. The molecule has 0 bridgehead atoms. The van der Waals surface area contributed by atoms with Crippen molar-refractivity contribution in [3.63, 3.8) is 0 Å². The van der Waals surface area contributed by atoms with Gasteiger partial charge in [-0.25, -0.2) is 0 Å². The molecule has 0 aliphatic heterocycles. The fraction of sp³-hybridized carbons (Fsp3) is 0.235. The SMILES string of the molecule is N[C@@H](CSCc1ccccc1)C(=O)OCc1ccccc1. The van der Waals surface area contributed by atoms with Crippen LogP contribution < -0.4 is 5.73 Å². The van der Waals surface area contributed by atoms with Gasteiger partial charge in [-0.2, -0.15) is 11.8 Å². The van der Waals surface area contributed by atoms with Gasteiger partial charge in [-0.3, -0.25) is 4.79 Å². The van der Waals surface area contributed by atoms with Crippen molar-refractivity contribution in [2.75, 3.05) is 5.75 Å². The first-order valence-corrected chi connectivity index (χ1v) is 7.99. The number of hydrogen-bond acceptors (Lipinski definition) is 4. The Labute approximate surface area is 129 Å². The summed E-state index contributed by atoms with van der Waals surface area (Å²) in [5.41, 5.74) is 8.05. The van der Waals surface area contributed by atoms with Gasteiger partial charge in [-0.15, -0.1) is 0 Å². The maximum atomic E-state index is 11.8. The van der Waals surface area contributed by atoms with Crippen molar-refractivity contribution in [2.45, 2.75) is 18.4 Å². The molecular weight excluding hydrogens is 282 g/mol. The Morgan fingerprint density at radius 3 is 2.19 bits per heavy atom. The molecule has 0 amide bonds. The van der Waals surface area contributed by atoms with Crippen LogP contribution in [0, 0.1) is 0 Å². The highest BCUT2D eigenvalue weighted by molar-refractivity contribution is 7.98. The van der Waals surface area contributed by atoms with Crippen LogP contribution in [0.1, 0.15) is 11.1 Å². The van der Waals surface area contributed by atoms with Crippen LogP contribution in [-0.4, -0.2) is 17.8 Å². The van der Waals surface area contributed by atoms with E-state index >= 15 is 0 Å². The molecule has 0 saturated carbocycles. The molecule has 21 heavy (non-hydrogen) atoms. The van der Waals surface area contributed by atoms with E-state index < -0.39 is 6.04 Å². The van der Waals surface area contributed by atoms with Crippen molar-refractivity contribution < 1.29 is 9.53 Å². The fourth-order valence-corrected chi connectivity index (χ4v) is 2.72. The predicted octanol–water partition coefficient (Wildman–Crippen LogP) is 2.99. The first-order chi connectivity index (χ1) is 10.3. The van der Waals surface area contributed by atoms with Crippen molar-refractivity contribution >= 4 is 17.7 Å². The fourth-order valence-electron chi connectivity index (χ4n) is 1.78. The lowest BCUT2D eigenvalue weighted by Gasteiger charge is -2.11.